The number of hydrogen-bond acceptors (Lipinski definition) is 7. The average Bonchev–Trinajstić information content (AvgIpc) is 3.20. The van der Waals surface area contributed by atoms with Crippen LogP contribution in [0.4, 0.5) is 17.3 Å². The molecule has 0 unspecified atom stereocenters. The molecular weight excluding hydrogens is 442 g/mol. The van der Waals surface area contributed by atoms with E-state index in [2.05, 4.69) is 37.3 Å². The molecule has 0 spiro atoms. The predicted molar refractivity (Wildman–Crippen MR) is 127 cm³/mol. The molecule has 0 aliphatic heterocycles. The molecule has 0 aliphatic carbocycles. The molecule has 0 saturated carbocycles. The molecule has 33 heavy (non-hydrogen) atoms. The zero-order chi connectivity index (χ0) is 23.4. The first kappa shape index (κ1) is 22.0. The van der Waals surface area contributed by atoms with E-state index in [0.29, 0.717) is 34.0 Å². The molecule has 0 fully saturated rings. The molecule has 3 aromatic heterocycles. The van der Waals surface area contributed by atoms with Crippen molar-refractivity contribution < 1.29 is 9.53 Å². The number of anilines is 3. The summed E-state index contributed by atoms with van der Waals surface area (Å²) in [5, 5.41) is 10.4. The standard InChI is InChI=1S/C23H20ClN7O2/c1-4-20(32)28-16-6-5-7-18(9-16)33-22-19(15-8-14(2)21(24)25-10-15)12-26-23(30-22)29-17-11-27-31(3)13-17/h4-13H,1H2,2-3H3,(H,28,32)(H,26,29,30). The van der Waals surface area contributed by atoms with E-state index < -0.39 is 0 Å². The lowest BCUT2D eigenvalue weighted by atomic mass is 10.1. The third-order valence-electron chi connectivity index (χ3n) is 4.54. The van der Waals surface area contributed by atoms with Gasteiger partial charge in [0.2, 0.25) is 17.7 Å². The van der Waals surface area contributed by atoms with Gasteiger partial charge in [-0.25, -0.2) is 9.97 Å². The first-order valence-corrected chi connectivity index (χ1v) is 10.3. The maximum atomic E-state index is 11.6. The first-order valence-electron chi connectivity index (χ1n) is 9.88. The molecule has 1 amide bonds. The van der Waals surface area contributed by atoms with Gasteiger partial charge in [-0.2, -0.15) is 10.1 Å². The molecule has 0 atom stereocenters. The highest BCUT2D eigenvalue weighted by atomic mass is 35.5. The highest BCUT2D eigenvalue weighted by Gasteiger charge is 2.15. The van der Waals surface area contributed by atoms with Crippen LogP contribution in [0.2, 0.25) is 5.15 Å². The van der Waals surface area contributed by atoms with E-state index in [9.17, 15) is 4.79 Å². The number of rotatable bonds is 7. The van der Waals surface area contributed by atoms with Crippen LogP contribution in [0.5, 0.6) is 11.6 Å². The molecule has 1 aromatic carbocycles. The molecule has 0 radical (unpaired) electrons. The summed E-state index contributed by atoms with van der Waals surface area (Å²) >= 11 is 6.09. The van der Waals surface area contributed by atoms with Gasteiger partial charge in [-0.1, -0.05) is 24.2 Å². The predicted octanol–water partition coefficient (Wildman–Crippen LogP) is 4.89. The quantitative estimate of drug-likeness (QED) is 0.298. The summed E-state index contributed by atoms with van der Waals surface area (Å²) < 4.78 is 7.79. The second kappa shape index (κ2) is 9.49. The average molecular weight is 462 g/mol. The summed E-state index contributed by atoms with van der Waals surface area (Å²) in [6, 6.07) is 8.84. The largest absolute Gasteiger partial charge is 0.438 e. The fourth-order valence-corrected chi connectivity index (χ4v) is 3.07. The lowest BCUT2D eigenvalue weighted by Crippen LogP contribution is -2.07. The van der Waals surface area contributed by atoms with Gasteiger partial charge >= 0.3 is 0 Å². The van der Waals surface area contributed by atoms with Crippen molar-refractivity contribution in [2.24, 2.45) is 7.05 Å². The summed E-state index contributed by atoms with van der Waals surface area (Å²) in [6.45, 7) is 5.33. The molecule has 0 bridgehead atoms. The SMILES string of the molecule is C=CC(=O)Nc1cccc(Oc2nc(Nc3cnn(C)c3)ncc2-c2cnc(Cl)c(C)c2)c1. The molecular formula is C23H20ClN7O2. The van der Waals surface area contributed by atoms with Crippen molar-refractivity contribution in [1.29, 1.82) is 0 Å². The molecule has 10 heteroatoms. The Bertz CT molecular complexity index is 1340. The number of carbonyl (C=O) groups is 1. The van der Waals surface area contributed by atoms with Gasteiger partial charge in [-0.05, 0) is 36.8 Å². The summed E-state index contributed by atoms with van der Waals surface area (Å²) in [5.74, 6) is 0.784. The van der Waals surface area contributed by atoms with Crippen molar-refractivity contribution in [1.82, 2.24) is 24.7 Å². The maximum absolute atomic E-state index is 11.6. The minimum atomic E-state index is -0.319. The van der Waals surface area contributed by atoms with Gasteiger partial charge in [0.25, 0.3) is 0 Å². The van der Waals surface area contributed by atoms with Crippen LogP contribution >= 0.6 is 11.6 Å². The number of halogens is 1. The van der Waals surface area contributed by atoms with E-state index in [1.807, 2.05) is 20.0 Å². The molecule has 3 heterocycles. The number of pyridine rings is 1. The monoisotopic (exact) mass is 461 g/mol. The number of nitrogens with zero attached hydrogens (tertiary/aromatic N) is 5. The topological polar surface area (TPSA) is 107 Å². The van der Waals surface area contributed by atoms with Gasteiger partial charge in [0.1, 0.15) is 10.9 Å². The third-order valence-corrected chi connectivity index (χ3v) is 4.94. The summed E-state index contributed by atoms with van der Waals surface area (Å²) in [7, 11) is 1.82. The van der Waals surface area contributed by atoms with E-state index >= 15 is 0 Å². The van der Waals surface area contributed by atoms with Gasteiger partial charge in [-0.15, -0.1) is 0 Å². The summed E-state index contributed by atoms with van der Waals surface area (Å²) in [6.07, 6.45) is 7.94. The minimum Gasteiger partial charge on any atom is -0.438 e. The Balaban J connectivity index is 1.71. The number of ether oxygens (including phenoxy) is 1. The van der Waals surface area contributed by atoms with Crippen molar-refractivity contribution in [2.45, 2.75) is 6.92 Å². The fourth-order valence-electron chi connectivity index (χ4n) is 2.96. The van der Waals surface area contributed by atoms with Gasteiger partial charge in [0.15, 0.2) is 0 Å². The van der Waals surface area contributed by atoms with Gasteiger partial charge in [-0.3, -0.25) is 9.48 Å². The normalized spacial score (nSPS) is 10.5. The smallest absolute Gasteiger partial charge is 0.247 e. The lowest BCUT2D eigenvalue weighted by molar-refractivity contribution is -0.111. The zero-order valence-corrected chi connectivity index (χ0v) is 18.7. The first-order chi connectivity index (χ1) is 15.9. The summed E-state index contributed by atoms with van der Waals surface area (Å²) in [4.78, 5) is 24.8. The van der Waals surface area contributed by atoms with Gasteiger partial charge < -0.3 is 15.4 Å². The molecule has 9 nitrogen and oxygen atoms in total. The van der Waals surface area contributed by atoms with Gasteiger partial charge in [0, 0.05) is 43.0 Å². The van der Waals surface area contributed by atoms with Crippen LogP contribution in [0.15, 0.2) is 67.8 Å². The number of aryl methyl sites for hydroxylation is 2. The molecule has 0 aliphatic rings. The number of benzene rings is 1. The number of nitrogens with one attached hydrogen (secondary N) is 2. The zero-order valence-electron chi connectivity index (χ0n) is 17.9. The van der Waals surface area contributed by atoms with Crippen LogP contribution in [0, 0.1) is 6.92 Å². The number of carbonyl (C=O) groups excluding carboxylic acids is 1. The van der Waals surface area contributed by atoms with Crippen molar-refractivity contribution in [2.75, 3.05) is 10.6 Å². The number of hydrogen-bond donors (Lipinski definition) is 2. The Morgan fingerprint density at radius 2 is 2.03 bits per heavy atom. The molecule has 166 valence electrons. The second-order valence-corrected chi connectivity index (χ2v) is 7.45. The van der Waals surface area contributed by atoms with Crippen LogP contribution in [0.3, 0.4) is 0 Å². The van der Waals surface area contributed by atoms with Crippen LogP contribution in [0.1, 0.15) is 5.56 Å². The molecule has 2 N–H and O–H groups in total. The Kier molecular flexibility index (Phi) is 6.32. The molecule has 4 rings (SSSR count). The highest BCUT2D eigenvalue weighted by molar-refractivity contribution is 6.30. The fraction of sp³-hybridized carbons (Fsp3) is 0.0870. The Morgan fingerprint density at radius 3 is 2.76 bits per heavy atom. The maximum Gasteiger partial charge on any atom is 0.247 e. The van der Waals surface area contributed by atoms with Crippen LogP contribution in [-0.2, 0) is 11.8 Å². The second-order valence-electron chi connectivity index (χ2n) is 7.10. The molecule has 0 saturated heterocycles. The van der Waals surface area contributed by atoms with E-state index in [1.165, 1.54) is 6.08 Å². The Morgan fingerprint density at radius 1 is 1.18 bits per heavy atom. The van der Waals surface area contributed by atoms with E-state index in [0.717, 1.165) is 16.8 Å². The molecule has 4 aromatic rings. The van der Waals surface area contributed by atoms with Crippen molar-refractivity contribution >= 4 is 34.8 Å². The Labute approximate surface area is 195 Å². The lowest BCUT2D eigenvalue weighted by Gasteiger charge is -2.13. The minimum absolute atomic E-state index is 0.298. The number of aromatic nitrogens is 5. The van der Waals surface area contributed by atoms with Crippen LogP contribution in [0.25, 0.3) is 11.1 Å². The van der Waals surface area contributed by atoms with Crippen LogP contribution in [-0.4, -0.2) is 30.6 Å². The number of amides is 1. The highest BCUT2D eigenvalue weighted by Crippen LogP contribution is 2.34. The van der Waals surface area contributed by atoms with E-state index in [-0.39, 0.29) is 5.91 Å². The van der Waals surface area contributed by atoms with Crippen LogP contribution < -0.4 is 15.4 Å². The van der Waals surface area contributed by atoms with Crippen molar-refractivity contribution in [3.63, 3.8) is 0 Å². The van der Waals surface area contributed by atoms with Crippen molar-refractivity contribution in [3.05, 3.63) is 78.5 Å². The summed E-state index contributed by atoms with van der Waals surface area (Å²) in [5.41, 5.74) is 3.47. The van der Waals surface area contributed by atoms with E-state index in [1.54, 1.807) is 53.7 Å². The Hall–Kier alpha value is -4.24. The third kappa shape index (κ3) is 5.34. The van der Waals surface area contributed by atoms with Gasteiger partial charge in [0.05, 0.1) is 17.4 Å². The van der Waals surface area contributed by atoms with Crippen molar-refractivity contribution in [3.8, 4) is 22.8 Å². The van der Waals surface area contributed by atoms with E-state index in [4.69, 9.17) is 16.3 Å².